The molecule has 0 unspecified atom stereocenters. The van der Waals surface area contributed by atoms with Crippen LogP contribution in [0.3, 0.4) is 0 Å². The second-order valence-corrected chi connectivity index (χ2v) is 5.20. The van der Waals surface area contributed by atoms with Crippen LogP contribution in [-0.2, 0) is 9.53 Å². The largest absolute Gasteiger partial charge is 0.458 e. The summed E-state index contributed by atoms with van der Waals surface area (Å²) < 4.78 is 3.04. The van der Waals surface area contributed by atoms with Gasteiger partial charge in [0, 0.05) is 12.7 Å². The first kappa shape index (κ1) is 14.0. The zero-order valence-electron chi connectivity index (χ0n) is 7.60. The Morgan fingerprint density at radius 1 is 1.50 bits per heavy atom. The van der Waals surface area contributed by atoms with Gasteiger partial charge >= 0.3 is 5.97 Å². The predicted octanol–water partition coefficient (Wildman–Crippen LogP) is 2.23. The molecule has 82 valence electrons. The average Bonchev–Trinajstić information content (AvgIpc) is 2.00. The third-order valence-corrected chi connectivity index (χ3v) is 1.58. The number of carbonyl (C=O) groups is 1. The van der Waals surface area contributed by atoms with E-state index in [2.05, 4.69) is 4.74 Å². The number of aliphatic hydroxyl groups is 1. The molecule has 0 aliphatic rings. The van der Waals surface area contributed by atoms with E-state index in [9.17, 15) is 4.79 Å². The molecule has 0 aromatic carbocycles. The van der Waals surface area contributed by atoms with E-state index in [1.165, 1.54) is 6.08 Å². The first-order valence-electron chi connectivity index (χ1n) is 3.86. The van der Waals surface area contributed by atoms with E-state index in [-0.39, 0.29) is 13.2 Å². The Labute approximate surface area is 97.6 Å². The molecule has 0 aromatic heterocycles. The predicted molar refractivity (Wildman–Crippen MR) is 56.7 cm³/mol. The molecule has 14 heavy (non-hydrogen) atoms. The van der Waals surface area contributed by atoms with Crippen LogP contribution < -0.4 is 0 Å². The molecule has 0 amide bonds. The quantitative estimate of drug-likeness (QED) is 0.479. The number of alkyl halides is 3. The highest BCUT2D eigenvalue weighted by Gasteiger charge is 2.21. The zero-order valence-corrected chi connectivity index (χ0v) is 9.86. The average molecular weight is 262 g/mol. The molecular weight excluding hydrogens is 250 g/mol. The maximum atomic E-state index is 11.0. The van der Waals surface area contributed by atoms with Crippen molar-refractivity contribution in [2.24, 2.45) is 0 Å². The minimum atomic E-state index is -1.59. The molecule has 0 aliphatic heterocycles. The fourth-order valence-corrected chi connectivity index (χ4v) is 0.808. The topological polar surface area (TPSA) is 46.5 Å². The second-order valence-electron chi connectivity index (χ2n) is 2.69. The summed E-state index contributed by atoms with van der Waals surface area (Å²) in [7, 11) is 0. The van der Waals surface area contributed by atoms with Gasteiger partial charge < -0.3 is 9.84 Å². The highest BCUT2D eigenvalue weighted by atomic mass is 35.6. The highest BCUT2D eigenvalue weighted by Crippen LogP contribution is 2.25. The maximum absolute atomic E-state index is 11.0. The Hall–Kier alpha value is 0.0400. The molecule has 0 radical (unpaired) electrons. The summed E-state index contributed by atoms with van der Waals surface area (Å²) in [6.45, 7) is 1.40. The van der Waals surface area contributed by atoms with Crippen molar-refractivity contribution in [3.63, 3.8) is 0 Å². The molecular formula is C8H11Cl3O3. The van der Waals surface area contributed by atoms with Crippen LogP contribution in [0.1, 0.15) is 13.3 Å². The Balaban J connectivity index is 3.92. The smallest absolute Gasteiger partial charge is 0.330 e. The molecule has 0 fully saturated rings. The summed E-state index contributed by atoms with van der Waals surface area (Å²) in [6.07, 6.45) is 1.68. The van der Waals surface area contributed by atoms with Gasteiger partial charge in [-0.15, -0.1) is 0 Å². The second kappa shape index (κ2) is 6.51. The summed E-state index contributed by atoms with van der Waals surface area (Å²) in [5.41, 5.74) is 0.710. The molecule has 0 rings (SSSR count). The minimum absolute atomic E-state index is 0.0138. The van der Waals surface area contributed by atoms with E-state index in [1.54, 1.807) is 6.92 Å². The lowest BCUT2D eigenvalue weighted by Gasteiger charge is -2.09. The van der Waals surface area contributed by atoms with E-state index in [0.717, 1.165) is 0 Å². The van der Waals surface area contributed by atoms with Gasteiger partial charge in [0.05, 0.1) is 0 Å². The Bertz CT molecular complexity index is 220. The number of ether oxygens (including phenoxy) is 1. The summed E-state index contributed by atoms with van der Waals surface area (Å²) >= 11 is 16.1. The van der Waals surface area contributed by atoms with E-state index in [1.807, 2.05) is 0 Å². The van der Waals surface area contributed by atoms with E-state index >= 15 is 0 Å². The number of hydrogen-bond acceptors (Lipinski definition) is 3. The molecule has 6 heteroatoms. The molecule has 0 heterocycles. The molecule has 0 atom stereocenters. The molecule has 0 spiro atoms. The first-order valence-corrected chi connectivity index (χ1v) is 5.00. The lowest BCUT2D eigenvalue weighted by atomic mass is 10.2. The van der Waals surface area contributed by atoms with Crippen LogP contribution in [0.5, 0.6) is 0 Å². The number of hydrogen-bond donors (Lipinski definition) is 1. The third-order valence-electron chi connectivity index (χ3n) is 1.25. The lowest BCUT2D eigenvalue weighted by Crippen LogP contribution is -2.16. The number of aliphatic hydroxyl groups excluding tert-OH is 1. The van der Waals surface area contributed by atoms with Gasteiger partial charge in [0.25, 0.3) is 0 Å². The Morgan fingerprint density at radius 2 is 2.07 bits per heavy atom. The maximum Gasteiger partial charge on any atom is 0.330 e. The number of rotatable bonds is 4. The molecule has 0 saturated carbocycles. The van der Waals surface area contributed by atoms with Crippen LogP contribution in [0.15, 0.2) is 11.6 Å². The third kappa shape index (κ3) is 8.63. The van der Waals surface area contributed by atoms with E-state index in [4.69, 9.17) is 39.9 Å². The van der Waals surface area contributed by atoms with Gasteiger partial charge in [-0.25, -0.2) is 4.79 Å². The standard InChI is InChI=1S/C8H11Cl3O3/c1-6(2-3-12)4-7(13)14-5-8(9,10)11/h4,12H,2-3,5H2,1H3/b6-4+. The fraction of sp³-hybridized carbons (Fsp3) is 0.625. The van der Waals surface area contributed by atoms with Gasteiger partial charge in [-0.3, -0.25) is 0 Å². The Morgan fingerprint density at radius 3 is 2.50 bits per heavy atom. The number of carbonyl (C=O) groups excluding carboxylic acids is 1. The zero-order chi connectivity index (χ0) is 11.2. The summed E-state index contributed by atoms with van der Waals surface area (Å²) in [4.78, 5) is 11.0. The first-order chi connectivity index (χ1) is 6.35. The minimum Gasteiger partial charge on any atom is -0.458 e. The van der Waals surface area contributed by atoms with Gasteiger partial charge in [-0.05, 0) is 13.3 Å². The van der Waals surface area contributed by atoms with Gasteiger partial charge in [-0.1, -0.05) is 40.4 Å². The SMILES string of the molecule is C/C(=C\C(=O)OCC(Cl)(Cl)Cl)CCO. The van der Waals surface area contributed by atoms with Crippen LogP contribution in [0.2, 0.25) is 0 Å². The van der Waals surface area contributed by atoms with Crippen LogP contribution in [0.4, 0.5) is 0 Å². The van der Waals surface area contributed by atoms with E-state index < -0.39 is 9.76 Å². The summed E-state index contributed by atoms with van der Waals surface area (Å²) in [5, 5.41) is 8.55. The molecule has 0 bridgehead atoms. The number of halogens is 3. The van der Waals surface area contributed by atoms with Gasteiger partial charge in [-0.2, -0.15) is 0 Å². The molecule has 1 N–H and O–H groups in total. The Kier molecular flexibility index (Phi) is 6.53. The normalized spacial score (nSPS) is 12.8. The van der Waals surface area contributed by atoms with Crippen LogP contribution in [0, 0.1) is 0 Å². The molecule has 0 aromatic rings. The van der Waals surface area contributed by atoms with Crippen LogP contribution in [-0.4, -0.2) is 28.1 Å². The van der Waals surface area contributed by atoms with Crippen LogP contribution in [0.25, 0.3) is 0 Å². The van der Waals surface area contributed by atoms with Crippen molar-refractivity contribution in [1.29, 1.82) is 0 Å². The molecule has 0 aliphatic carbocycles. The summed E-state index contributed by atoms with van der Waals surface area (Å²) in [6, 6.07) is 0. The van der Waals surface area contributed by atoms with Crippen molar-refractivity contribution in [3.05, 3.63) is 11.6 Å². The highest BCUT2D eigenvalue weighted by molar-refractivity contribution is 6.67. The van der Waals surface area contributed by atoms with Gasteiger partial charge in [0.2, 0.25) is 3.79 Å². The monoisotopic (exact) mass is 260 g/mol. The van der Waals surface area contributed by atoms with E-state index in [0.29, 0.717) is 12.0 Å². The van der Waals surface area contributed by atoms with Crippen molar-refractivity contribution in [2.75, 3.05) is 13.2 Å². The van der Waals surface area contributed by atoms with Gasteiger partial charge in [0.15, 0.2) is 0 Å². The molecule has 0 saturated heterocycles. The lowest BCUT2D eigenvalue weighted by molar-refractivity contribution is -0.137. The van der Waals surface area contributed by atoms with Crippen LogP contribution >= 0.6 is 34.8 Å². The van der Waals surface area contributed by atoms with Crippen molar-refractivity contribution < 1.29 is 14.6 Å². The van der Waals surface area contributed by atoms with Crippen molar-refractivity contribution in [1.82, 2.24) is 0 Å². The van der Waals surface area contributed by atoms with Gasteiger partial charge in [0.1, 0.15) is 6.61 Å². The summed E-state index contributed by atoms with van der Waals surface area (Å²) in [5.74, 6) is -0.581. The fourth-order valence-electron chi connectivity index (χ4n) is 0.644. The van der Waals surface area contributed by atoms with Crippen molar-refractivity contribution in [2.45, 2.75) is 17.1 Å². The van der Waals surface area contributed by atoms with Crippen molar-refractivity contribution in [3.8, 4) is 0 Å². The molecule has 3 nitrogen and oxygen atoms in total. The van der Waals surface area contributed by atoms with Crippen molar-refractivity contribution >= 4 is 40.8 Å². The number of esters is 1.